The molecule has 1 saturated carbocycles. The molecule has 1 aliphatic rings. The molecule has 0 radical (unpaired) electrons. The van der Waals surface area contributed by atoms with Gasteiger partial charge >= 0.3 is 0 Å². The average molecular weight is 572 g/mol. The van der Waals surface area contributed by atoms with E-state index in [-0.39, 0.29) is 31.0 Å². The number of hydrogen-bond donors (Lipinski definition) is 1. The van der Waals surface area contributed by atoms with Crippen molar-refractivity contribution in [1.29, 1.82) is 0 Å². The van der Waals surface area contributed by atoms with Gasteiger partial charge in [0.25, 0.3) is 5.91 Å². The van der Waals surface area contributed by atoms with Gasteiger partial charge in [-0.05, 0) is 63.7 Å². The maximum atomic E-state index is 13.6. The van der Waals surface area contributed by atoms with E-state index in [0.29, 0.717) is 17.2 Å². The third-order valence-electron chi connectivity index (χ3n) is 6.81. The number of hydrogen-bond acceptors (Lipinski definition) is 3. The van der Waals surface area contributed by atoms with Gasteiger partial charge < -0.3 is 15.0 Å². The summed E-state index contributed by atoms with van der Waals surface area (Å²) in [5, 5.41) is 5.85. The molecule has 0 spiro atoms. The minimum Gasteiger partial charge on any atom is -0.483 e. The summed E-state index contributed by atoms with van der Waals surface area (Å²) in [7, 11) is 0. The van der Waals surface area contributed by atoms with Crippen LogP contribution in [0.5, 0.6) is 5.75 Å². The summed E-state index contributed by atoms with van der Waals surface area (Å²) in [5.41, 5.74) is 0.795. The van der Waals surface area contributed by atoms with Gasteiger partial charge in [0, 0.05) is 17.6 Å². The summed E-state index contributed by atoms with van der Waals surface area (Å²) < 4.78 is 6.78. The molecule has 1 unspecified atom stereocenters. The summed E-state index contributed by atoms with van der Waals surface area (Å²) in [6.45, 7) is 1.98. The molecule has 0 heterocycles. The highest BCUT2D eigenvalue weighted by atomic mass is 79.9. The van der Waals surface area contributed by atoms with Gasteiger partial charge in [-0.25, -0.2) is 0 Å². The number of nitrogens with zero attached hydrogens (tertiary/aromatic N) is 1. The Labute approximate surface area is 226 Å². The van der Waals surface area contributed by atoms with Crippen molar-refractivity contribution in [2.75, 3.05) is 6.61 Å². The van der Waals surface area contributed by atoms with Crippen LogP contribution in [0, 0.1) is 0 Å². The van der Waals surface area contributed by atoms with E-state index < -0.39 is 6.04 Å². The van der Waals surface area contributed by atoms with Crippen molar-refractivity contribution in [1.82, 2.24) is 10.2 Å². The number of amides is 2. The molecule has 2 amide bonds. The average Bonchev–Trinajstić information content (AvgIpc) is 2.90. The Kier molecular flexibility index (Phi) is 9.27. The van der Waals surface area contributed by atoms with E-state index in [4.69, 9.17) is 16.3 Å². The molecule has 3 aromatic rings. The van der Waals surface area contributed by atoms with Crippen LogP contribution < -0.4 is 10.1 Å². The Morgan fingerprint density at radius 1 is 1.06 bits per heavy atom. The molecular formula is C29H32BrClN2O3. The number of carbonyl (C=O) groups excluding carboxylic acids is 2. The van der Waals surface area contributed by atoms with Crippen LogP contribution in [0.3, 0.4) is 0 Å². The van der Waals surface area contributed by atoms with Crippen LogP contribution in [-0.2, 0) is 16.1 Å². The Balaban J connectivity index is 1.54. The molecule has 0 bridgehead atoms. The van der Waals surface area contributed by atoms with E-state index >= 15 is 0 Å². The zero-order valence-corrected chi connectivity index (χ0v) is 22.9. The van der Waals surface area contributed by atoms with Crippen LogP contribution in [0.25, 0.3) is 10.8 Å². The number of nitrogens with one attached hydrogen (secondary N) is 1. The lowest BCUT2D eigenvalue weighted by molar-refractivity contribution is -0.143. The number of benzene rings is 3. The Morgan fingerprint density at radius 3 is 2.53 bits per heavy atom. The van der Waals surface area contributed by atoms with Crippen molar-refractivity contribution in [2.45, 2.75) is 64.1 Å². The molecule has 0 aromatic heterocycles. The lowest BCUT2D eigenvalue weighted by atomic mass is 9.95. The second-order valence-electron chi connectivity index (χ2n) is 9.27. The zero-order chi connectivity index (χ0) is 25.5. The fraction of sp³-hybridized carbons (Fsp3) is 0.379. The van der Waals surface area contributed by atoms with E-state index in [2.05, 4.69) is 21.2 Å². The monoisotopic (exact) mass is 570 g/mol. The quantitative estimate of drug-likeness (QED) is 0.304. The summed E-state index contributed by atoms with van der Waals surface area (Å²) in [6.07, 6.45) is 5.92. The van der Waals surface area contributed by atoms with Crippen LogP contribution in [0.1, 0.15) is 51.0 Å². The van der Waals surface area contributed by atoms with Crippen molar-refractivity contribution < 1.29 is 14.3 Å². The number of rotatable bonds is 9. The molecule has 190 valence electrons. The van der Waals surface area contributed by atoms with E-state index in [9.17, 15) is 9.59 Å². The molecule has 1 atom stereocenters. The van der Waals surface area contributed by atoms with Crippen molar-refractivity contribution >= 4 is 50.1 Å². The van der Waals surface area contributed by atoms with Gasteiger partial charge in [0.1, 0.15) is 11.8 Å². The van der Waals surface area contributed by atoms with Gasteiger partial charge in [-0.15, -0.1) is 0 Å². The first kappa shape index (κ1) is 26.5. The summed E-state index contributed by atoms with van der Waals surface area (Å²) in [5.74, 6) is 0.205. The van der Waals surface area contributed by atoms with Crippen LogP contribution >= 0.6 is 27.5 Å². The van der Waals surface area contributed by atoms with Crippen molar-refractivity contribution in [2.24, 2.45) is 0 Å². The predicted octanol–water partition coefficient (Wildman–Crippen LogP) is 6.89. The highest BCUT2D eigenvalue weighted by Gasteiger charge is 2.31. The number of carbonyl (C=O) groups is 2. The van der Waals surface area contributed by atoms with Crippen LogP contribution in [0.2, 0.25) is 5.02 Å². The molecule has 3 aromatic carbocycles. The molecular weight excluding hydrogens is 540 g/mol. The number of ether oxygens (including phenoxy) is 1. The fourth-order valence-electron chi connectivity index (χ4n) is 4.82. The maximum absolute atomic E-state index is 13.6. The molecule has 1 fully saturated rings. The highest BCUT2D eigenvalue weighted by Crippen LogP contribution is 2.33. The standard InChI is InChI=1S/C29H32BrClN2O3/c1-2-25(29(35)32-22-12-4-3-5-13-22)33(18-21-11-7-9-15-24(21)31)27(34)19-36-26-17-16-20-10-6-8-14-23(20)28(26)30/h6-11,14-17,22,25H,2-5,12-13,18-19H2,1H3,(H,32,35). The molecule has 36 heavy (non-hydrogen) atoms. The van der Waals surface area contributed by atoms with Gasteiger partial charge in [0.2, 0.25) is 5.91 Å². The van der Waals surface area contributed by atoms with Crippen molar-refractivity contribution in [3.05, 3.63) is 75.7 Å². The smallest absolute Gasteiger partial charge is 0.261 e. The molecule has 0 saturated heterocycles. The van der Waals surface area contributed by atoms with Crippen LogP contribution in [-0.4, -0.2) is 35.4 Å². The van der Waals surface area contributed by atoms with Gasteiger partial charge in [0.05, 0.1) is 4.47 Å². The molecule has 7 heteroatoms. The van der Waals surface area contributed by atoms with Crippen LogP contribution in [0.15, 0.2) is 65.1 Å². The first-order valence-corrected chi connectivity index (χ1v) is 13.8. The highest BCUT2D eigenvalue weighted by molar-refractivity contribution is 9.10. The molecule has 1 aliphatic carbocycles. The van der Waals surface area contributed by atoms with E-state index in [1.54, 1.807) is 11.0 Å². The fourth-order valence-corrected chi connectivity index (χ4v) is 5.62. The molecule has 5 nitrogen and oxygen atoms in total. The summed E-state index contributed by atoms with van der Waals surface area (Å²) in [4.78, 5) is 28.5. The first-order chi connectivity index (χ1) is 17.5. The third-order valence-corrected chi connectivity index (χ3v) is 8.00. The number of halogens is 2. The molecule has 4 rings (SSSR count). The van der Waals surface area contributed by atoms with Crippen molar-refractivity contribution in [3.8, 4) is 5.75 Å². The minimum atomic E-state index is -0.612. The topological polar surface area (TPSA) is 58.6 Å². The predicted molar refractivity (Wildman–Crippen MR) is 148 cm³/mol. The maximum Gasteiger partial charge on any atom is 0.261 e. The third kappa shape index (κ3) is 6.40. The van der Waals surface area contributed by atoms with Crippen molar-refractivity contribution in [3.63, 3.8) is 0 Å². The van der Waals surface area contributed by atoms with E-state index in [1.165, 1.54) is 6.42 Å². The van der Waals surface area contributed by atoms with E-state index in [0.717, 1.165) is 46.5 Å². The Bertz CT molecular complexity index is 1210. The van der Waals surface area contributed by atoms with Crippen LogP contribution in [0.4, 0.5) is 0 Å². The second kappa shape index (κ2) is 12.6. The molecule has 0 aliphatic heterocycles. The normalized spacial score (nSPS) is 14.9. The van der Waals surface area contributed by atoms with Gasteiger partial charge in [-0.2, -0.15) is 0 Å². The SMILES string of the molecule is CCC(C(=O)NC1CCCCC1)N(Cc1ccccc1Cl)C(=O)COc1ccc2ccccc2c1Br. The Hall–Kier alpha value is -2.57. The summed E-state index contributed by atoms with van der Waals surface area (Å²) in [6, 6.07) is 18.8. The zero-order valence-electron chi connectivity index (χ0n) is 20.5. The lowest BCUT2D eigenvalue weighted by Crippen LogP contribution is -2.52. The first-order valence-electron chi connectivity index (χ1n) is 12.6. The Morgan fingerprint density at radius 2 is 1.78 bits per heavy atom. The number of fused-ring (bicyclic) bond motifs is 1. The molecule has 1 N–H and O–H groups in total. The van der Waals surface area contributed by atoms with E-state index in [1.807, 2.05) is 61.5 Å². The summed E-state index contributed by atoms with van der Waals surface area (Å²) >= 11 is 10.1. The van der Waals surface area contributed by atoms with Gasteiger partial charge in [-0.1, -0.05) is 86.3 Å². The largest absolute Gasteiger partial charge is 0.483 e. The second-order valence-corrected chi connectivity index (χ2v) is 10.5. The lowest BCUT2D eigenvalue weighted by Gasteiger charge is -2.33. The minimum absolute atomic E-state index is 0.114. The van der Waals surface area contributed by atoms with Gasteiger partial charge in [0.15, 0.2) is 6.61 Å². The van der Waals surface area contributed by atoms with Gasteiger partial charge in [-0.3, -0.25) is 9.59 Å².